The van der Waals surface area contributed by atoms with E-state index in [1.807, 2.05) is 7.05 Å². The van der Waals surface area contributed by atoms with Gasteiger partial charge >= 0.3 is 0 Å². The van der Waals surface area contributed by atoms with E-state index in [-0.39, 0.29) is 0 Å². The van der Waals surface area contributed by atoms with E-state index in [1.54, 1.807) is 7.11 Å². The second-order valence-electron chi connectivity index (χ2n) is 5.09. The molecule has 0 saturated carbocycles. The molecule has 0 fully saturated rings. The van der Waals surface area contributed by atoms with Crippen molar-refractivity contribution in [2.75, 3.05) is 14.2 Å². The molecule has 0 heterocycles. The smallest absolute Gasteiger partial charge is 0.122 e. The average Bonchev–Trinajstić information content (AvgIpc) is 2.29. The lowest BCUT2D eigenvalue weighted by Gasteiger charge is -2.28. The second kappa shape index (κ2) is 6.06. The van der Waals surface area contributed by atoms with Crippen LogP contribution in [0, 0.1) is 12.8 Å². The largest absolute Gasteiger partial charge is 0.496 e. The first kappa shape index (κ1) is 14.0. The summed E-state index contributed by atoms with van der Waals surface area (Å²) in [5.74, 6) is 2.03. The summed E-state index contributed by atoms with van der Waals surface area (Å²) in [4.78, 5) is 0. The second-order valence-corrected chi connectivity index (χ2v) is 5.09. The van der Waals surface area contributed by atoms with E-state index in [2.05, 4.69) is 51.2 Å². The molecule has 0 saturated heterocycles. The minimum atomic E-state index is 0.440. The van der Waals surface area contributed by atoms with Crippen molar-refractivity contribution in [2.45, 2.75) is 39.7 Å². The van der Waals surface area contributed by atoms with E-state index >= 15 is 0 Å². The van der Waals surface area contributed by atoms with Crippen LogP contribution in [0.4, 0.5) is 0 Å². The van der Waals surface area contributed by atoms with E-state index in [9.17, 15) is 0 Å². The average molecular weight is 235 g/mol. The lowest BCUT2D eigenvalue weighted by molar-refractivity contribution is 0.358. The zero-order chi connectivity index (χ0) is 13.0. The molecule has 2 unspecified atom stereocenters. The number of hydrogen-bond acceptors (Lipinski definition) is 2. The van der Waals surface area contributed by atoms with Crippen molar-refractivity contribution >= 4 is 0 Å². The Balaban J connectivity index is 3.08. The molecule has 0 spiro atoms. The van der Waals surface area contributed by atoms with Gasteiger partial charge in [0.05, 0.1) is 7.11 Å². The highest BCUT2D eigenvalue weighted by Crippen LogP contribution is 2.31. The van der Waals surface area contributed by atoms with Gasteiger partial charge in [-0.2, -0.15) is 0 Å². The van der Waals surface area contributed by atoms with Crippen LogP contribution < -0.4 is 10.1 Å². The molecule has 0 amide bonds. The maximum Gasteiger partial charge on any atom is 0.122 e. The third-order valence-corrected chi connectivity index (χ3v) is 3.47. The molecule has 1 aromatic carbocycles. The van der Waals surface area contributed by atoms with Gasteiger partial charge in [0.25, 0.3) is 0 Å². The Morgan fingerprint density at radius 1 is 1.18 bits per heavy atom. The van der Waals surface area contributed by atoms with Crippen LogP contribution in [0.5, 0.6) is 5.75 Å². The van der Waals surface area contributed by atoms with Gasteiger partial charge < -0.3 is 10.1 Å². The highest BCUT2D eigenvalue weighted by Gasteiger charge is 2.23. The summed E-state index contributed by atoms with van der Waals surface area (Å²) in [5.41, 5.74) is 2.58. The zero-order valence-electron chi connectivity index (χ0n) is 11.9. The van der Waals surface area contributed by atoms with E-state index in [4.69, 9.17) is 4.74 Å². The molecule has 0 aliphatic heterocycles. The summed E-state index contributed by atoms with van der Waals surface area (Å²) in [5, 5.41) is 3.41. The monoisotopic (exact) mass is 235 g/mol. The van der Waals surface area contributed by atoms with Crippen LogP contribution >= 0.6 is 0 Å². The van der Waals surface area contributed by atoms with Gasteiger partial charge in [0.15, 0.2) is 0 Å². The molecule has 1 aromatic rings. The van der Waals surface area contributed by atoms with E-state index in [1.165, 1.54) is 11.1 Å². The van der Waals surface area contributed by atoms with Crippen molar-refractivity contribution in [3.05, 3.63) is 29.3 Å². The van der Waals surface area contributed by atoms with E-state index in [0.29, 0.717) is 17.9 Å². The summed E-state index contributed by atoms with van der Waals surface area (Å²) >= 11 is 0. The molecule has 96 valence electrons. The molecule has 1 rings (SSSR count). The van der Waals surface area contributed by atoms with Gasteiger partial charge in [-0.05, 0) is 31.5 Å². The van der Waals surface area contributed by atoms with Crippen molar-refractivity contribution < 1.29 is 4.74 Å². The predicted molar refractivity (Wildman–Crippen MR) is 73.8 cm³/mol. The Morgan fingerprint density at radius 3 is 2.29 bits per heavy atom. The predicted octanol–water partition coefficient (Wildman–Crippen LogP) is 3.35. The molecular weight excluding hydrogens is 210 g/mol. The minimum Gasteiger partial charge on any atom is -0.496 e. The van der Waals surface area contributed by atoms with Gasteiger partial charge in [0, 0.05) is 12.0 Å². The zero-order valence-corrected chi connectivity index (χ0v) is 11.9. The SMILES string of the molecule is CNC(C(C)C)C(C)c1cc(C)ccc1OC. The highest BCUT2D eigenvalue weighted by molar-refractivity contribution is 5.40. The molecule has 0 aliphatic carbocycles. The van der Waals surface area contributed by atoms with E-state index in [0.717, 1.165) is 5.75 Å². The van der Waals surface area contributed by atoms with Crippen molar-refractivity contribution in [1.29, 1.82) is 0 Å². The third kappa shape index (κ3) is 3.22. The van der Waals surface area contributed by atoms with Gasteiger partial charge in [0.1, 0.15) is 5.75 Å². The molecule has 2 heteroatoms. The summed E-state index contributed by atoms with van der Waals surface area (Å²) in [6, 6.07) is 6.86. The molecular formula is C15H25NO. The summed E-state index contributed by atoms with van der Waals surface area (Å²) < 4.78 is 5.47. The van der Waals surface area contributed by atoms with Crippen LogP contribution in [-0.4, -0.2) is 20.2 Å². The van der Waals surface area contributed by atoms with Gasteiger partial charge in [-0.25, -0.2) is 0 Å². The van der Waals surface area contributed by atoms with Crippen LogP contribution in [0.2, 0.25) is 0 Å². The first-order valence-corrected chi connectivity index (χ1v) is 6.33. The van der Waals surface area contributed by atoms with Gasteiger partial charge in [-0.15, -0.1) is 0 Å². The maximum atomic E-state index is 5.47. The van der Waals surface area contributed by atoms with E-state index < -0.39 is 0 Å². The van der Waals surface area contributed by atoms with Crippen LogP contribution in [0.3, 0.4) is 0 Å². The molecule has 0 bridgehead atoms. The quantitative estimate of drug-likeness (QED) is 0.845. The minimum absolute atomic E-state index is 0.440. The first-order chi connectivity index (χ1) is 8.01. The van der Waals surface area contributed by atoms with Crippen molar-refractivity contribution in [3.63, 3.8) is 0 Å². The fourth-order valence-corrected chi connectivity index (χ4v) is 2.56. The number of nitrogens with one attached hydrogen (secondary N) is 1. The summed E-state index contributed by atoms with van der Waals surface area (Å²) in [6.45, 7) is 8.89. The lowest BCUT2D eigenvalue weighted by Crippen LogP contribution is -2.35. The molecule has 1 N–H and O–H groups in total. The van der Waals surface area contributed by atoms with Gasteiger partial charge in [-0.3, -0.25) is 0 Å². The number of aryl methyl sites for hydroxylation is 1. The Hall–Kier alpha value is -1.02. The Kier molecular flexibility index (Phi) is 5.01. The van der Waals surface area contributed by atoms with Crippen LogP contribution in [-0.2, 0) is 0 Å². The standard InChI is InChI=1S/C15H25NO/c1-10(2)15(16-5)12(4)13-9-11(3)7-8-14(13)17-6/h7-10,12,15-16H,1-6H3. The molecule has 2 nitrogen and oxygen atoms in total. The fraction of sp³-hybridized carbons (Fsp3) is 0.600. The van der Waals surface area contributed by atoms with Gasteiger partial charge in [-0.1, -0.05) is 38.5 Å². The molecule has 2 atom stereocenters. The lowest BCUT2D eigenvalue weighted by atomic mass is 9.85. The number of benzene rings is 1. The Bertz CT molecular complexity index is 360. The van der Waals surface area contributed by atoms with Crippen LogP contribution in [0.15, 0.2) is 18.2 Å². The van der Waals surface area contributed by atoms with Crippen molar-refractivity contribution in [3.8, 4) is 5.75 Å². The third-order valence-electron chi connectivity index (χ3n) is 3.47. The molecule has 0 aromatic heterocycles. The number of rotatable bonds is 5. The highest BCUT2D eigenvalue weighted by atomic mass is 16.5. The first-order valence-electron chi connectivity index (χ1n) is 6.33. The number of methoxy groups -OCH3 is 1. The number of ether oxygens (including phenoxy) is 1. The topological polar surface area (TPSA) is 21.3 Å². The number of hydrogen-bond donors (Lipinski definition) is 1. The summed E-state index contributed by atoms with van der Waals surface area (Å²) in [6.07, 6.45) is 0. The maximum absolute atomic E-state index is 5.47. The number of likely N-dealkylation sites (N-methyl/N-ethyl adjacent to an activating group) is 1. The molecule has 0 aliphatic rings. The van der Waals surface area contributed by atoms with Crippen molar-refractivity contribution in [1.82, 2.24) is 5.32 Å². The summed E-state index contributed by atoms with van der Waals surface area (Å²) in [7, 11) is 3.77. The normalized spacial score (nSPS) is 14.8. The Labute approximate surface area is 105 Å². The van der Waals surface area contributed by atoms with Crippen molar-refractivity contribution in [2.24, 2.45) is 5.92 Å². The van der Waals surface area contributed by atoms with Crippen LogP contribution in [0.25, 0.3) is 0 Å². The molecule has 17 heavy (non-hydrogen) atoms. The molecule has 0 radical (unpaired) electrons. The van der Waals surface area contributed by atoms with Crippen LogP contribution in [0.1, 0.15) is 37.8 Å². The fourth-order valence-electron chi connectivity index (χ4n) is 2.56. The van der Waals surface area contributed by atoms with Gasteiger partial charge in [0.2, 0.25) is 0 Å². The Morgan fingerprint density at radius 2 is 1.82 bits per heavy atom.